The number of benzene rings is 1. The van der Waals surface area contributed by atoms with Crippen LogP contribution in [-0.4, -0.2) is 48.4 Å². The Balaban J connectivity index is 1.87. The van der Waals surface area contributed by atoms with Gasteiger partial charge in [-0.05, 0) is 52.7 Å². The molecule has 2 heterocycles. The summed E-state index contributed by atoms with van der Waals surface area (Å²) in [5, 5.41) is 4.04. The van der Waals surface area contributed by atoms with E-state index in [1.54, 1.807) is 44.2 Å². The van der Waals surface area contributed by atoms with E-state index in [-0.39, 0.29) is 17.4 Å². The van der Waals surface area contributed by atoms with Gasteiger partial charge in [0.1, 0.15) is 33.9 Å². The van der Waals surface area contributed by atoms with Crippen LogP contribution < -0.4 is 10.1 Å². The molecule has 0 saturated heterocycles. The van der Waals surface area contributed by atoms with Gasteiger partial charge in [-0.1, -0.05) is 13.8 Å². The Morgan fingerprint density at radius 2 is 1.97 bits per heavy atom. The van der Waals surface area contributed by atoms with E-state index in [9.17, 15) is 13.2 Å². The molecule has 1 aliphatic heterocycles. The van der Waals surface area contributed by atoms with E-state index in [0.29, 0.717) is 24.6 Å². The Kier molecular flexibility index (Phi) is 7.40. The van der Waals surface area contributed by atoms with Gasteiger partial charge in [0.25, 0.3) is 0 Å². The molecule has 0 spiro atoms. The first-order valence-corrected chi connectivity index (χ1v) is 13.2. The molecule has 0 fully saturated rings. The molecule has 10 heteroatoms. The number of anilines is 1. The van der Waals surface area contributed by atoms with Gasteiger partial charge in [0.15, 0.2) is 0 Å². The maximum Gasteiger partial charge on any atom is 0.325 e. The molecule has 0 amide bonds. The average molecular weight is 496 g/mol. The number of sulfonamides is 1. The van der Waals surface area contributed by atoms with Crippen LogP contribution in [0.2, 0.25) is 0 Å². The third-order valence-corrected chi connectivity index (χ3v) is 8.20. The highest BCUT2D eigenvalue weighted by Crippen LogP contribution is 2.34. The summed E-state index contributed by atoms with van der Waals surface area (Å²) in [5.41, 5.74) is 0.725. The van der Waals surface area contributed by atoms with Crippen molar-refractivity contribution >= 4 is 33.0 Å². The van der Waals surface area contributed by atoms with Crippen LogP contribution in [0.4, 0.5) is 5.69 Å². The highest BCUT2D eigenvalue weighted by atomic mass is 32.2. The summed E-state index contributed by atoms with van der Waals surface area (Å²) in [4.78, 5) is 18.7. The second-order valence-corrected chi connectivity index (χ2v) is 12.6. The Morgan fingerprint density at radius 1 is 1.27 bits per heavy atom. The number of carbonyl (C=O) groups is 1. The Labute approximate surface area is 200 Å². The predicted molar refractivity (Wildman–Crippen MR) is 129 cm³/mol. The molecular weight excluding hydrogens is 462 g/mol. The van der Waals surface area contributed by atoms with Crippen LogP contribution in [0.15, 0.2) is 23.1 Å². The number of nitrogens with one attached hydrogen (secondary N) is 1. The van der Waals surface area contributed by atoms with Crippen LogP contribution in [0.5, 0.6) is 5.75 Å². The Bertz CT molecular complexity index is 1100. The van der Waals surface area contributed by atoms with E-state index < -0.39 is 27.6 Å². The molecule has 1 aromatic heterocycles. The molecule has 1 aliphatic rings. The first kappa shape index (κ1) is 25.5. The standard InChI is InChI=1S/C23H33N3O5S2/c1-14(2)21(22(27)31-23(5,6)7)26-11-10-24-18-12-17(8-9-19(18)33(26,28)29)30-13-20-25-15(3)16(4)32-20/h8-9,12,14,21,24H,10-11,13H2,1-7H3/t21-/m1/s1. The van der Waals surface area contributed by atoms with E-state index in [1.807, 2.05) is 27.7 Å². The lowest BCUT2D eigenvalue weighted by Gasteiger charge is -2.33. The summed E-state index contributed by atoms with van der Waals surface area (Å²) in [6.45, 7) is 13.7. The predicted octanol–water partition coefficient (Wildman–Crippen LogP) is 4.12. The second kappa shape index (κ2) is 9.60. The van der Waals surface area contributed by atoms with Crippen molar-refractivity contribution in [1.82, 2.24) is 9.29 Å². The minimum atomic E-state index is -3.95. The number of esters is 1. The summed E-state index contributed by atoms with van der Waals surface area (Å²) in [5.74, 6) is -0.259. The number of carbonyl (C=O) groups excluding carboxylic acids is 1. The van der Waals surface area contributed by atoms with Crippen LogP contribution in [0.1, 0.15) is 50.2 Å². The summed E-state index contributed by atoms with van der Waals surface area (Å²) in [7, 11) is -3.95. The first-order chi connectivity index (χ1) is 15.3. The summed E-state index contributed by atoms with van der Waals surface area (Å²) in [6.07, 6.45) is 0. The maximum atomic E-state index is 13.6. The van der Waals surface area contributed by atoms with Gasteiger partial charge in [0.2, 0.25) is 10.0 Å². The lowest BCUT2D eigenvalue weighted by Crippen LogP contribution is -2.50. The fourth-order valence-corrected chi connectivity index (χ4v) is 6.34. The van der Waals surface area contributed by atoms with Crippen LogP contribution in [0.25, 0.3) is 0 Å². The topological polar surface area (TPSA) is 97.8 Å². The first-order valence-electron chi connectivity index (χ1n) is 11.0. The highest BCUT2D eigenvalue weighted by Gasteiger charge is 2.42. The van der Waals surface area contributed by atoms with E-state index in [0.717, 1.165) is 15.6 Å². The van der Waals surface area contributed by atoms with Gasteiger partial charge in [-0.2, -0.15) is 4.31 Å². The van der Waals surface area contributed by atoms with E-state index >= 15 is 0 Å². The monoisotopic (exact) mass is 495 g/mol. The molecular formula is C23H33N3O5S2. The molecule has 182 valence electrons. The summed E-state index contributed by atoms with van der Waals surface area (Å²) in [6, 6.07) is 3.92. The molecule has 3 rings (SSSR count). The molecule has 1 atom stereocenters. The minimum absolute atomic E-state index is 0.113. The Morgan fingerprint density at radius 3 is 2.55 bits per heavy atom. The van der Waals surface area contributed by atoms with E-state index in [4.69, 9.17) is 9.47 Å². The Hall–Kier alpha value is -2.17. The van der Waals surface area contributed by atoms with Gasteiger partial charge < -0.3 is 14.8 Å². The lowest BCUT2D eigenvalue weighted by molar-refractivity contribution is -0.161. The largest absolute Gasteiger partial charge is 0.486 e. The van der Waals surface area contributed by atoms with Crippen molar-refractivity contribution in [2.24, 2.45) is 5.92 Å². The average Bonchev–Trinajstić information content (AvgIpc) is 2.94. The second-order valence-electron chi connectivity index (χ2n) is 9.46. The van der Waals surface area contributed by atoms with E-state index in [1.165, 1.54) is 10.4 Å². The zero-order valence-corrected chi connectivity index (χ0v) is 21.9. The zero-order valence-electron chi connectivity index (χ0n) is 20.3. The fraction of sp³-hybridized carbons (Fsp3) is 0.565. The molecule has 1 aromatic carbocycles. The molecule has 33 heavy (non-hydrogen) atoms. The molecule has 0 saturated carbocycles. The maximum absolute atomic E-state index is 13.6. The SMILES string of the molecule is Cc1nc(COc2ccc3c(c2)NCCN([C@@H](C(=O)OC(C)(C)C)C(C)C)S3(=O)=O)sc1C. The quantitative estimate of drug-likeness (QED) is 0.602. The number of hydrogen-bond donors (Lipinski definition) is 1. The van der Waals surface area contributed by atoms with Crippen LogP contribution in [0, 0.1) is 19.8 Å². The summed E-state index contributed by atoms with van der Waals surface area (Å²) >= 11 is 1.58. The van der Waals surface area contributed by atoms with Crippen molar-refractivity contribution in [2.45, 2.75) is 71.6 Å². The normalized spacial score (nSPS) is 17.1. The number of fused-ring (bicyclic) bond motifs is 1. The van der Waals surface area contributed by atoms with Gasteiger partial charge in [-0.15, -0.1) is 11.3 Å². The zero-order chi connectivity index (χ0) is 24.6. The van der Waals surface area contributed by atoms with Crippen molar-refractivity contribution in [1.29, 1.82) is 0 Å². The van der Waals surface area contributed by atoms with Gasteiger partial charge in [-0.3, -0.25) is 4.79 Å². The number of aromatic nitrogens is 1. The van der Waals surface area contributed by atoms with Gasteiger partial charge in [0.05, 0.1) is 11.4 Å². The van der Waals surface area contributed by atoms with Crippen molar-refractivity contribution < 1.29 is 22.7 Å². The highest BCUT2D eigenvalue weighted by molar-refractivity contribution is 7.89. The molecule has 0 aliphatic carbocycles. The van der Waals surface area contributed by atoms with Crippen molar-refractivity contribution in [2.75, 3.05) is 18.4 Å². The molecule has 0 bridgehead atoms. The van der Waals surface area contributed by atoms with E-state index in [2.05, 4.69) is 10.3 Å². The van der Waals surface area contributed by atoms with Crippen molar-refractivity contribution in [3.05, 3.63) is 33.8 Å². The lowest BCUT2D eigenvalue weighted by atomic mass is 10.0. The molecule has 0 radical (unpaired) electrons. The molecule has 8 nitrogen and oxygen atoms in total. The molecule has 1 N–H and O–H groups in total. The van der Waals surface area contributed by atoms with Crippen molar-refractivity contribution in [3.63, 3.8) is 0 Å². The smallest absolute Gasteiger partial charge is 0.325 e. The van der Waals surface area contributed by atoms with Crippen molar-refractivity contribution in [3.8, 4) is 5.75 Å². The third-order valence-electron chi connectivity index (χ3n) is 5.21. The molecule has 2 aromatic rings. The number of ether oxygens (including phenoxy) is 2. The number of rotatable bonds is 6. The fourth-order valence-electron chi connectivity index (χ4n) is 3.63. The van der Waals surface area contributed by atoms with Crippen LogP contribution in [-0.2, 0) is 26.2 Å². The van der Waals surface area contributed by atoms with Crippen LogP contribution in [0.3, 0.4) is 0 Å². The number of thiazole rings is 1. The third kappa shape index (κ3) is 5.85. The summed E-state index contributed by atoms with van der Waals surface area (Å²) < 4.78 is 39.9. The van der Waals surface area contributed by atoms with Crippen LogP contribution >= 0.6 is 11.3 Å². The van der Waals surface area contributed by atoms with Gasteiger partial charge in [0, 0.05) is 24.0 Å². The van der Waals surface area contributed by atoms with Gasteiger partial charge >= 0.3 is 5.97 Å². The minimum Gasteiger partial charge on any atom is -0.486 e. The number of hydrogen-bond acceptors (Lipinski definition) is 8. The number of aryl methyl sites for hydroxylation is 2. The molecule has 0 unspecified atom stereocenters. The van der Waals surface area contributed by atoms with Gasteiger partial charge in [-0.25, -0.2) is 13.4 Å². The number of nitrogens with zero attached hydrogens (tertiary/aromatic N) is 2.